The van der Waals surface area contributed by atoms with Crippen molar-refractivity contribution in [3.8, 4) is 5.88 Å². The molecule has 0 aliphatic carbocycles. The molecular weight excluding hydrogens is 220 g/mol. The summed E-state index contributed by atoms with van der Waals surface area (Å²) in [5, 5.41) is 5.66. The number of rotatable bonds is 4. The first-order valence-corrected chi connectivity index (χ1v) is 5.32. The van der Waals surface area contributed by atoms with E-state index in [1.54, 1.807) is 12.3 Å². The zero-order valence-corrected chi connectivity index (χ0v) is 10.6. The summed E-state index contributed by atoms with van der Waals surface area (Å²) in [6.07, 6.45) is 1.57. The fraction of sp³-hybridized carbons (Fsp3) is 0.545. The highest BCUT2D eigenvalue weighted by Gasteiger charge is 2.13. The number of carbonyl (C=O) groups excluding carboxylic acids is 1. The number of carbonyl (C=O) groups is 1. The summed E-state index contributed by atoms with van der Waals surface area (Å²) in [6.45, 7) is 5.90. The first-order chi connectivity index (χ1) is 7.90. The molecule has 1 aromatic rings. The maximum atomic E-state index is 11.5. The van der Waals surface area contributed by atoms with Crippen LogP contribution in [0.3, 0.4) is 0 Å². The molecule has 6 heteroatoms. The quantitative estimate of drug-likeness (QED) is 0.812. The Balaban J connectivity index is 2.47. The Morgan fingerprint density at radius 1 is 1.47 bits per heavy atom. The van der Waals surface area contributed by atoms with Crippen LogP contribution in [0.5, 0.6) is 5.88 Å². The second-order valence-corrected chi connectivity index (χ2v) is 4.57. The number of aromatic nitrogens is 2. The van der Waals surface area contributed by atoms with Crippen molar-refractivity contribution < 1.29 is 9.53 Å². The van der Waals surface area contributed by atoms with E-state index in [1.807, 2.05) is 20.8 Å². The Morgan fingerprint density at radius 3 is 2.76 bits per heavy atom. The molecule has 0 aromatic carbocycles. The molecule has 1 amide bonds. The van der Waals surface area contributed by atoms with Crippen LogP contribution in [0.4, 0.5) is 5.95 Å². The minimum Gasteiger partial charge on any atom is -0.481 e. The van der Waals surface area contributed by atoms with Crippen molar-refractivity contribution in [2.45, 2.75) is 26.3 Å². The highest BCUT2D eigenvalue weighted by molar-refractivity contribution is 5.80. The van der Waals surface area contributed by atoms with Crippen molar-refractivity contribution in [1.29, 1.82) is 0 Å². The lowest BCUT2D eigenvalue weighted by Crippen LogP contribution is -2.43. The topological polar surface area (TPSA) is 76.1 Å². The van der Waals surface area contributed by atoms with E-state index in [2.05, 4.69) is 20.6 Å². The number of amides is 1. The fourth-order valence-electron chi connectivity index (χ4n) is 1.16. The maximum Gasteiger partial charge on any atom is 0.239 e. The van der Waals surface area contributed by atoms with Crippen LogP contribution in [0.25, 0.3) is 0 Å². The molecule has 0 radical (unpaired) electrons. The molecule has 94 valence electrons. The van der Waals surface area contributed by atoms with Crippen LogP contribution in [0.1, 0.15) is 20.8 Å². The van der Waals surface area contributed by atoms with Gasteiger partial charge in [-0.1, -0.05) is 0 Å². The van der Waals surface area contributed by atoms with E-state index in [9.17, 15) is 4.79 Å². The number of hydrogen-bond acceptors (Lipinski definition) is 5. The summed E-state index contributed by atoms with van der Waals surface area (Å²) in [6, 6.07) is 1.64. The highest BCUT2D eigenvalue weighted by Crippen LogP contribution is 2.06. The van der Waals surface area contributed by atoms with Crippen molar-refractivity contribution in [2.75, 3.05) is 19.0 Å². The van der Waals surface area contributed by atoms with Gasteiger partial charge in [-0.05, 0) is 20.8 Å². The minimum absolute atomic E-state index is 0.107. The second kappa shape index (κ2) is 5.47. The molecule has 0 unspecified atom stereocenters. The molecule has 1 rings (SSSR count). The number of ether oxygens (including phenoxy) is 1. The van der Waals surface area contributed by atoms with Gasteiger partial charge in [-0.25, -0.2) is 4.98 Å². The molecule has 0 saturated carbocycles. The number of hydrogen-bond donors (Lipinski definition) is 2. The fourth-order valence-corrected chi connectivity index (χ4v) is 1.16. The third-order valence-electron chi connectivity index (χ3n) is 1.76. The Hall–Kier alpha value is -1.85. The molecule has 6 nitrogen and oxygen atoms in total. The molecule has 1 heterocycles. The summed E-state index contributed by atoms with van der Waals surface area (Å²) in [5.41, 5.74) is -0.242. The first kappa shape index (κ1) is 13.2. The predicted molar refractivity (Wildman–Crippen MR) is 65.0 cm³/mol. The van der Waals surface area contributed by atoms with Gasteiger partial charge in [0.05, 0.1) is 13.7 Å². The Labute approximate surface area is 101 Å². The predicted octanol–water partition coefficient (Wildman–Crippen LogP) is 0.812. The van der Waals surface area contributed by atoms with E-state index in [4.69, 9.17) is 4.74 Å². The van der Waals surface area contributed by atoms with Gasteiger partial charge in [-0.3, -0.25) is 4.79 Å². The van der Waals surface area contributed by atoms with Gasteiger partial charge < -0.3 is 15.4 Å². The molecule has 0 fully saturated rings. The van der Waals surface area contributed by atoms with Crippen molar-refractivity contribution in [2.24, 2.45) is 0 Å². The van der Waals surface area contributed by atoms with Crippen molar-refractivity contribution >= 4 is 11.9 Å². The normalized spacial score (nSPS) is 10.8. The van der Waals surface area contributed by atoms with E-state index >= 15 is 0 Å². The summed E-state index contributed by atoms with van der Waals surface area (Å²) in [5.74, 6) is 0.719. The van der Waals surface area contributed by atoms with E-state index in [0.717, 1.165) is 0 Å². The highest BCUT2D eigenvalue weighted by atomic mass is 16.5. The molecular formula is C11H18N4O2. The molecule has 0 aliphatic rings. The molecule has 1 aromatic heterocycles. The number of anilines is 1. The average Bonchev–Trinajstić information content (AvgIpc) is 2.24. The molecule has 0 saturated heterocycles. The first-order valence-electron chi connectivity index (χ1n) is 5.32. The summed E-state index contributed by atoms with van der Waals surface area (Å²) < 4.78 is 4.95. The smallest absolute Gasteiger partial charge is 0.239 e. The van der Waals surface area contributed by atoms with Crippen LogP contribution in [0, 0.1) is 0 Å². The van der Waals surface area contributed by atoms with Crippen LogP contribution < -0.4 is 15.4 Å². The summed E-state index contributed by atoms with van der Waals surface area (Å²) >= 11 is 0. The Bertz CT molecular complexity index is 387. The van der Waals surface area contributed by atoms with Crippen molar-refractivity contribution in [1.82, 2.24) is 15.3 Å². The van der Waals surface area contributed by atoms with Gasteiger partial charge in [-0.15, -0.1) is 0 Å². The largest absolute Gasteiger partial charge is 0.481 e. The lowest BCUT2D eigenvalue weighted by atomic mass is 10.1. The molecule has 2 N–H and O–H groups in total. The monoisotopic (exact) mass is 238 g/mol. The minimum atomic E-state index is -0.242. The Kier molecular flexibility index (Phi) is 4.25. The van der Waals surface area contributed by atoms with Gasteiger partial charge in [0, 0.05) is 17.8 Å². The average molecular weight is 238 g/mol. The van der Waals surface area contributed by atoms with Gasteiger partial charge in [0.25, 0.3) is 0 Å². The van der Waals surface area contributed by atoms with Gasteiger partial charge in [0.15, 0.2) is 0 Å². The SMILES string of the molecule is COc1ccnc(NCC(=O)NC(C)(C)C)n1. The Morgan fingerprint density at radius 2 is 2.18 bits per heavy atom. The third kappa shape index (κ3) is 5.14. The summed E-state index contributed by atoms with van der Waals surface area (Å²) in [4.78, 5) is 19.5. The van der Waals surface area contributed by atoms with Crippen molar-refractivity contribution in [3.63, 3.8) is 0 Å². The molecule has 0 bridgehead atoms. The zero-order chi connectivity index (χ0) is 12.9. The van der Waals surface area contributed by atoms with Gasteiger partial charge >= 0.3 is 0 Å². The maximum absolute atomic E-state index is 11.5. The van der Waals surface area contributed by atoms with Crippen LogP contribution >= 0.6 is 0 Å². The van der Waals surface area contributed by atoms with Crippen LogP contribution in [-0.2, 0) is 4.79 Å². The van der Waals surface area contributed by atoms with Crippen LogP contribution in [-0.4, -0.2) is 35.1 Å². The van der Waals surface area contributed by atoms with Gasteiger partial charge in [0.1, 0.15) is 0 Å². The number of nitrogens with one attached hydrogen (secondary N) is 2. The lowest BCUT2D eigenvalue weighted by Gasteiger charge is -2.20. The second-order valence-electron chi connectivity index (χ2n) is 4.57. The van der Waals surface area contributed by atoms with Crippen molar-refractivity contribution in [3.05, 3.63) is 12.3 Å². The zero-order valence-electron chi connectivity index (χ0n) is 10.6. The van der Waals surface area contributed by atoms with E-state index in [-0.39, 0.29) is 18.0 Å². The van der Waals surface area contributed by atoms with E-state index in [0.29, 0.717) is 11.8 Å². The number of methoxy groups -OCH3 is 1. The van der Waals surface area contributed by atoms with Crippen LogP contribution in [0.15, 0.2) is 12.3 Å². The van der Waals surface area contributed by atoms with Crippen LogP contribution in [0.2, 0.25) is 0 Å². The van der Waals surface area contributed by atoms with Gasteiger partial charge in [0.2, 0.25) is 17.7 Å². The molecule has 0 aliphatic heterocycles. The standard InChI is InChI=1S/C11H18N4O2/c1-11(2,3)15-8(16)7-13-10-12-6-5-9(14-10)17-4/h5-6H,7H2,1-4H3,(H,15,16)(H,12,13,14). The molecule has 0 atom stereocenters. The van der Waals surface area contributed by atoms with E-state index < -0.39 is 0 Å². The lowest BCUT2D eigenvalue weighted by molar-refractivity contribution is -0.120. The molecule has 17 heavy (non-hydrogen) atoms. The third-order valence-corrected chi connectivity index (χ3v) is 1.76. The molecule has 0 spiro atoms. The van der Waals surface area contributed by atoms with E-state index in [1.165, 1.54) is 7.11 Å². The summed E-state index contributed by atoms with van der Waals surface area (Å²) in [7, 11) is 1.53. The number of nitrogens with zero attached hydrogens (tertiary/aromatic N) is 2. The van der Waals surface area contributed by atoms with Gasteiger partial charge in [-0.2, -0.15) is 4.98 Å².